The van der Waals surface area contributed by atoms with E-state index in [0.29, 0.717) is 0 Å². The fraction of sp³-hybridized carbons (Fsp3) is 0.467. The number of hydrogen-bond donors (Lipinski definition) is 2. The van der Waals surface area contributed by atoms with Gasteiger partial charge in [-0.05, 0) is 19.1 Å². The molecule has 0 aliphatic carbocycles. The van der Waals surface area contributed by atoms with Crippen LogP contribution in [0.4, 0.5) is 5.69 Å². The predicted octanol–water partition coefficient (Wildman–Crippen LogP) is 1.73. The van der Waals surface area contributed by atoms with E-state index in [2.05, 4.69) is 31.2 Å². The lowest BCUT2D eigenvalue weighted by atomic mass is 10.1. The Bertz CT molecular complexity index is 584. The molecular weight excluding hydrogens is 266 g/mol. The number of morpholine rings is 1. The molecule has 21 heavy (non-hydrogen) atoms. The number of aromatic amines is 1. The summed E-state index contributed by atoms with van der Waals surface area (Å²) >= 11 is 0. The third-order valence-corrected chi connectivity index (χ3v) is 3.69. The summed E-state index contributed by atoms with van der Waals surface area (Å²) in [6.07, 6.45) is 3.61. The molecule has 1 aliphatic heterocycles. The van der Waals surface area contributed by atoms with Crippen molar-refractivity contribution >= 4 is 5.69 Å². The molecule has 6 heteroatoms. The molecule has 0 unspecified atom stereocenters. The van der Waals surface area contributed by atoms with E-state index in [0.717, 1.165) is 49.0 Å². The van der Waals surface area contributed by atoms with Crippen LogP contribution in [0.15, 0.2) is 24.7 Å². The van der Waals surface area contributed by atoms with Crippen LogP contribution in [-0.2, 0) is 11.3 Å². The standard InChI is InChI=1S/C15H21N5O/c1-11-5-12(16-2)6-14(19-11)15-9-20(3-4-21-15)8-13-7-17-10-18-13/h5-7,10,15H,3-4,8-9H2,1-2H3,(H,16,19)(H,17,18)/t15-/m1/s1. The molecule has 2 aromatic rings. The smallest absolute Gasteiger partial charge is 0.112 e. The lowest BCUT2D eigenvalue weighted by Crippen LogP contribution is -2.38. The Labute approximate surface area is 124 Å². The van der Waals surface area contributed by atoms with E-state index >= 15 is 0 Å². The van der Waals surface area contributed by atoms with Gasteiger partial charge in [0.2, 0.25) is 0 Å². The van der Waals surface area contributed by atoms with E-state index in [1.807, 2.05) is 26.2 Å². The number of pyridine rings is 1. The van der Waals surface area contributed by atoms with E-state index < -0.39 is 0 Å². The Morgan fingerprint density at radius 3 is 3.14 bits per heavy atom. The number of imidazole rings is 1. The van der Waals surface area contributed by atoms with Gasteiger partial charge >= 0.3 is 0 Å². The van der Waals surface area contributed by atoms with Crippen molar-refractivity contribution in [3.05, 3.63) is 41.7 Å². The number of hydrogen-bond acceptors (Lipinski definition) is 5. The molecule has 1 saturated heterocycles. The summed E-state index contributed by atoms with van der Waals surface area (Å²) in [5.74, 6) is 0. The summed E-state index contributed by atoms with van der Waals surface area (Å²) in [5.41, 5.74) is 4.20. The lowest BCUT2D eigenvalue weighted by Gasteiger charge is -2.32. The average molecular weight is 287 g/mol. The number of anilines is 1. The first kappa shape index (κ1) is 14.0. The molecule has 112 valence electrons. The number of ether oxygens (including phenoxy) is 1. The predicted molar refractivity (Wildman–Crippen MR) is 81.1 cm³/mol. The van der Waals surface area contributed by atoms with Crippen LogP contribution in [0.2, 0.25) is 0 Å². The van der Waals surface area contributed by atoms with Crippen molar-refractivity contribution in [1.29, 1.82) is 0 Å². The van der Waals surface area contributed by atoms with Crippen LogP contribution in [0.5, 0.6) is 0 Å². The first-order valence-electron chi connectivity index (χ1n) is 7.22. The van der Waals surface area contributed by atoms with Crippen LogP contribution in [0, 0.1) is 6.92 Å². The van der Waals surface area contributed by atoms with Crippen molar-refractivity contribution in [2.75, 3.05) is 32.1 Å². The Balaban J connectivity index is 1.72. The van der Waals surface area contributed by atoms with E-state index in [1.54, 1.807) is 6.33 Å². The molecule has 0 spiro atoms. The molecule has 3 heterocycles. The zero-order chi connectivity index (χ0) is 14.7. The molecule has 1 aliphatic rings. The minimum Gasteiger partial charge on any atom is -0.388 e. The van der Waals surface area contributed by atoms with Crippen LogP contribution in [0.1, 0.15) is 23.2 Å². The maximum Gasteiger partial charge on any atom is 0.112 e. The fourth-order valence-electron chi connectivity index (χ4n) is 2.64. The number of aryl methyl sites for hydroxylation is 1. The van der Waals surface area contributed by atoms with E-state index in [9.17, 15) is 0 Å². The second-order valence-corrected chi connectivity index (χ2v) is 5.34. The second kappa shape index (κ2) is 6.24. The lowest BCUT2D eigenvalue weighted by molar-refractivity contribution is -0.0353. The van der Waals surface area contributed by atoms with Crippen LogP contribution >= 0.6 is 0 Å². The minimum absolute atomic E-state index is 0.0219. The molecule has 6 nitrogen and oxygen atoms in total. The topological polar surface area (TPSA) is 66.1 Å². The van der Waals surface area contributed by atoms with Gasteiger partial charge in [0, 0.05) is 50.0 Å². The maximum absolute atomic E-state index is 5.91. The van der Waals surface area contributed by atoms with Crippen molar-refractivity contribution in [2.24, 2.45) is 0 Å². The van der Waals surface area contributed by atoms with E-state index in [-0.39, 0.29) is 6.10 Å². The maximum atomic E-state index is 5.91. The van der Waals surface area contributed by atoms with Crippen LogP contribution in [0.3, 0.4) is 0 Å². The molecule has 0 bridgehead atoms. The fourth-order valence-corrected chi connectivity index (χ4v) is 2.64. The highest BCUT2D eigenvalue weighted by atomic mass is 16.5. The van der Waals surface area contributed by atoms with Crippen molar-refractivity contribution in [3.63, 3.8) is 0 Å². The number of H-pyrrole nitrogens is 1. The second-order valence-electron chi connectivity index (χ2n) is 5.34. The van der Waals surface area contributed by atoms with Crippen LogP contribution in [0.25, 0.3) is 0 Å². The van der Waals surface area contributed by atoms with Gasteiger partial charge in [-0.25, -0.2) is 4.98 Å². The van der Waals surface area contributed by atoms with Crippen LogP contribution in [-0.4, -0.2) is 46.6 Å². The Morgan fingerprint density at radius 1 is 1.48 bits per heavy atom. The summed E-state index contributed by atoms with van der Waals surface area (Å²) in [7, 11) is 1.92. The first-order chi connectivity index (χ1) is 10.2. The Morgan fingerprint density at radius 2 is 2.38 bits per heavy atom. The normalized spacial score (nSPS) is 19.6. The molecule has 0 saturated carbocycles. The third-order valence-electron chi connectivity index (χ3n) is 3.69. The highest BCUT2D eigenvalue weighted by Gasteiger charge is 2.23. The quantitative estimate of drug-likeness (QED) is 0.896. The summed E-state index contributed by atoms with van der Waals surface area (Å²) in [5, 5.41) is 3.17. The van der Waals surface area contributed by atoms with Gasteiger partial charge in [0.15, 0.2) is 0 Å². The van der Waals surface area contributed by atoms with Gasteiger partial charge in [-0.1, -0.05) is 0 Å². The van der Waals surface area contributed by atoms with Gasteiger partial charge in [-0.2, -0.15) is 0 Å². The highest BCUT2D eigenvalue weighted by molar-refractivity contribution is 5.45. The number of nitrogens with zero attached hydrogens (tertiary/aromatic N) is 3. The van der Waals surface area contributed by atoms with Crippen molar-refractivity contribution < 1.29 is 4.74 Å². The molecule has 2 N–H and O–H groups in total. The van der Waals surface area contributed by atoms with Gasteiger partial charge < -0.3 is 15.0 Å². The van der Waals surface area contributed by atoms with Crippen molar-refractivity contribution in [1.82, 2.24) is 19.9 Å². The Kier molecular flexibility index (Phi) is 4.17. The molecule has 3 rings (SSSR count). The Hall–Kier alpha value is -1.92. The molecule has 0 aromatic carbocycles. The average Bonchev–Trinajstić information content (AvgIpc) is 3.00. The summed E-state index contributed by atoms with van der Waals surface area (Å²) in [6, 6.07) is 4.10. The van der Waals surface area contributed by atoms with Crippen molar-refractivity contribution in [3.8, 4) is 0 Å². The first-order valence-corrected chi connectivity index (χ1v) is 7.22. The largest absolute Gasteiger partial charge is 0.388 e. The van der Waals surface area contributed by atoms with Gasteiger partial charge in [0.25, 0.3) is 0 Å². The van der Waals surface area contributed by atoms with Gasteiger partial charge in [0.1, 0.15) is 6.10 Å². The molecular formula is C15H21N5O. The number of rotatable bonds is 4. The van der Waals surface area contributed by atoms with E-state index in [1.165, 1.54) is 0 Å². The highest BCUT2D eigenvalue weighted by Crippen LogP contribution is 2.24. The van der Waals surface area contributed by atoms with E-state index in [4.69, 9.17) is 4.74 Å². The third kappa shape index (κ3) is 3.40. The summed E-state index contributed by atoms with van der Waals surface area (Å²) in [6.45, 7) is 5.38. The van der Waals surface area contributed by atoms with Crippen molar-refractivity contribution in [2.45, 2.75) is 19.6 Å². The number of aromatic nitrogens is 3. The zero-order valence-corrected chi connectivity index (χ0v) is 12.5. The zero-order valence-electron chi connectivity index (χ0n) is 12.5. The molecule has 1 fully saturated rings. The molecule has 2 aromatic heterocycles. The monoisotopic (exact) mass is 287 g/mol. The summed E-state index contributed by atoms with van der Waals surface area (Å²) < 4.78 is 5.91. The molecule has 0 radical (unpaired) electrons. The SMILES string of the molecule is CNc1cc(C)nc([C@H]2CN(Cc3cnc[nH]3)CCO2)c1. The van der Waals surface area contributed by atoms with Crippen LogP contribution < -0.4 is 5.32 Å². The van der Waals surface area contributed by atoms with Gasteiger partial charge in [-0.3, -0.25) is 9.88 Å². The van der Waals surface area contributed by atoms with Gasteiger partial charge in [0.05, 0.1) is 18.6 Å². The molecule has 0 amide bonds. The number of nitrogens with one attached hydrogen (secondary N) is 2. The molecule has 1 atom stereocenters. The minimum atomic E-state index is 0.0219. The van der Waals surface area contributed by atoms with Gasteiger partial charge in [-0.15, -0.1) is 0 Å². The summed E-state index contributed by atoms with van der Waals surface area (Å²) in [4.78, 5) is 14.2.